The predicted molar refractivity (Wildman–Crippen MR) is 79.6 cm³/mol. The van der Waals surface area contributed by atoms with Gasteiger partial charge >= 0.3 is 6.36 Å². The van der Waals surface area contributed by atoms with Crippen LogP contribution in [0.3, 0.4) is 0 Å². The summed E-state index contributed by atoms with van der Waals surface area (Å²) in [5, 5.41) is 2.60. The number of benzene rings is 2. The van der Waals surface area contributed by atoms with Gasteiger partial charge in [-0.05, 0) is 42.5 Å². The number of anilines is 2. The first kappa shape index (κ1) is 16.2. The minimum atomic E-state index is -4.84. The largest absolute Gasteiger partial charge is 0.573 e. The van der Waals surface area contributed by atoms with Gasteiger partial charge in [-0.15, -0.1) is 13.2 Å². The smallest absolute Gasteiger partial charge is 0.404 e. The van der Waals surface area contributed by atoms with Crippen molar-refractivity contribution in [3.63, 3.8) is 0 Å². The molecule has 0 saturated heterocycles. The lowest BCUT2D eigenvalue weighted by atomic mass is 10.1. The first-order valence-electron chi connectivity index (χ1n) is 5.97. The van der Waals surface area contributed by atoms with Crippen molar-refractivity contribution in [3.8, 4) is 5.75 Å². The van der Waals surface area contributed by atoms with Gasteiger partial charge in [0, 0.05) is 15.7 Å². The van der Waals surface area contributed by atoms with Crippen LogP contribution in [0.5, 0.6) is 5.75 Å². The summed E-state index contributed by atoms with van der Waals surface area (Å²) >= 11 is 3.26. The van der Waals surface area contributed by atoms with Crippen LogP contribution in [0.1, 0.15) is 10.4 Å². The first-order chi connectivity index (χ1) is 10.2. The van der Waals surface area contributed by atoms with Crippen LogP contribution in [0.15, 0.2) is 46.9 Å². The van der Waals surface area contributed by atoms with Crippen LogP contribution in [0.4, 0.5) is 24.5 Å². The number of halogens is 4. The van der Waals surface area contributed by atoms with Crippen LogP contribution < -0.4 is 15.8 Å². The third kappa shape index (κ3) is 4.39. The molecule has 0 aliphatic rings. The van der Waals surface area contributed by atoms with E-state index in [1.54, 1.807) is 24.3 Å². The number of nitrogens with one attached hydrogen (secondary N) is 1. The topological polar surface area (TPSA) is 64.4 Å². The second kappa shape index (κ2) is 6.27. The molecular formula is C14H10BrF3N2O2. The highest BCUT2D eigenvalue weighted by atomic mass is 79.9. The third-order valence-corrected chi connectivity index (χ3v) is 3.13. The number of hydrogen-bond acceptors (Lipinski definition) is 3. The minimum Gasteiger partial charge on any atom is -0.404 e. The summed E-state index contributed by atoms with van der Waals surface area (Å²) in [4.78, 5) is 12.0. The van der Waals surface area contributed by atoms with Crippen molar-refractivity contribution in [1.29, 1.82) is 0 Å². The molecule has 0 bridgehead atoms. The molecular weight excluding hydrogens is 365 g/mol. The Morgan fingerprint density at radius 3 is 2.32 bits per heavy atom. The number of rotatable bonds is 3. The van der Waals surface area contributed by atoms with Gasteiger partial charge in [0.25, 0.3) is 5.91 Å². The van der Waals surface area contributed by atoms with Crippen LogP contribution in [0.2, 0.25) is 0 Å². The summed E-state index contributed by atoms with van der Waals surface area (Å²) in [6, 6.07) is 10.1. The normalized spacial score (nSPS) is 11.1. The van der Waals surface area contributed by atoms with Crippen LogP contribution in [-0.2, 0) is 0 Å². The maximum Gasteiger partial charge on any atom is 0.573 e. The number of carbonyl (C=O) groups excluding carboxylic acids is 1. The lowest BCUT2D eigenvalue weighted by Gasteiger charge is -2.12. The number of alkyl halides is 3. The molecule has 4 nitrogen and oxygen atoms in total. The maximum atomic E-state index is 12.1. The number of nitrogens with two attached hydrogens (primary N) is 1. The molecule has 2 aromatic carbocycles. The van der Waals surface area contributed by atoms with E-state index in [1.807, 2.05) is 0 Å². The molecule has 0 aromatic heterocycles. The fraction of sp³-hybridized carbons (Fsp3) is 0.0714. The highest BCUT2D eigenvalue weighted by Crippen LogP contribution is 2.29. The number of nitrogen functional groups attached to an aromatic ring is 1. The summed E-state index contributed by atoms with van der Waals surface area (Å²) in [7, 11) is 0. The summed E-state index contributed by atoms with van der Waals surface area (Å²) in [5.74, 6) is -1.04. The van der Waals surface area contributed by atoms with Crippen molar-refractivity contribution in [1.82, 2.24) is 0 Å². The Kier molecular flexibility index (Phi) is 4.60. The Balaban J connectivity index is 2.13. The van der Waals surface area contributed by atoms with Gasteiger partial charge in [-0.3, -0.25) is 4.79 Å². The zero-order chi connectivity index (χ0) is 16.3. The van der Waals surface area contributed by atoms with Gasteiger partial charge in [0.15, 0.2) is 5.75 Å². The fourth-order valence-corrected chi connectivity index (χ4v) is 1.91. The number of ether oxygens (including phenoxy) is 1. The molecule has 8 heteroatoms. The third-order valence-electron chi connectivity index (χ3n) is 2.60. The summed E-state index contributed by atoms with van der Waals surface area (Å²) in [6.07, 6.45) is -4.84. The monoisotopic (exact) mass is 374 g/mol. The minimum absolute atomic E-state index is 0.120. The molecule has 2 rings (SSSR count). The van der Waals surface area contributed by atoms with Crippen LogP contribution in [0, 0.1) is 0 Å². The Morgan fingerprint density at radius 2 is 1.77 bits per heavy atom. The van der Waals surface area contributed by atoms with Gasteiger partial charge in [0.1, 0.15) is 0 Å². The molecule has 0 saturated carbocycles. The zero-order valence-electron chi connectivity index (χ0n) is 10.9. The predicted octanol–water partition coefficient (Wildman–Crippen LogP) is 4.18. The molecule has 116 valence electrons. The molecule has 0 heterocycles. The molecule has 0 aliphatic carbocycles. The van der Waals surface area contributed by atoms with E-state index >= 15 is 0 Å². The maximum absolute atomic E-state index is 12.1. The molecule has 3 N–H and O–H groups in total. The Hall–Kier alpha value is -2.22. The summed E-state index contributed by atoms with van der Waals surface area (Å²) in [5.41, 5.74) is 5.86. The van der Waals surface area contributed by atoms with Gasteiger partial charge in [-0.1, -0.05) is 15.9 Å². The molecule has 22 heavy (non-hydrogen) atoms. The lowest BCUT2D eigenvalue weighted by molar-refractivity contribution is -0.274. The zero-order valence-corrected chi connectivity index (χ0v) is 12.5. The highest BCUT2D eigenvalue weighted by molar-refractivity contribution is 9.10. The Bertz CT molecular complexity index is 687. The fourth-order valence-electron chi connectivity index (χ4n) is 1.64. The van der Waals surface area contributed by atoms with Crippen molar-refractivity contribution >= 4 is 33.2 Å². The average molecular weight is 375 g/mol. The van der Waals surface area contributed by atoms with Crippen LogP contribution in [-0.4, -0.2) is 12.3 Å². The van der Waals surface area contributed by atoms with E-state index in [2.05, 4.69) is 26.0 Å². The second-order valence-corrected chi connectivity index (χ2v) is 5.18. The van der Waals surface area contributed by atoms with Crippen molar-refractivity contribution in [2.24, 2.45) is 0 Å². The molecule has 0 unspecified atom stereocenters. The first-order valence-corrected chi connectivity index (χ1v) is 6.76. The van der Waals surface area contributed by atoms with E-state index in [0.29, 0.717) is 5.69 Å². The van der Waals surface area contributed by atoms with Crippen molar-refractivity contribution < 1.29 is 22.7 Å². The quantitative estimate of drug-likeness (QED) is 0.792. The molecule has 0 atom stereocenters. The summed E-state index contributed by atoms with van der Waals surface area (Å²) < 4.78 is 41.0. The van der Waals surface area contributed by atoms with Crippen molar-refractivity contribution in [2.75, 3.05) is 11.1 Å². The van der Waals surface area contributed by atoms with E-state index < -0.39 is 18.0 Å². The Morgan fingerprint density at radius 1 is 1.14 bits per heavy atom. The molecule has 0 radical (unpaired) electrons. The summed E-state index contributed by atoms with van der Waals surface area (Å²) in [6.45, 7) is 0. The van der Waals surface area contributed by atoms with E-state index in [-0.39, 0.29) is 11.3 Å². The average Bonchev–Trinajstić information content (AvgIpc) is 2.42. The Labute approximate surface area is 132 Å². The molecule has 0 aliphatic heterocycles. The highest BCUT2D eigenvalue weighted by Gasteiger charge is 2.32. The SMILES string of the molecule is Nc1cc(C(=O)Nc2ccc(Br)cc2)ccc1OC(F)(F)F. The number of amides is 1. The van der Waals surface area contributed by atoms with Gasteiger partial charge in [-0.25, -0.2) is 0 Å². The lowest BCUT2D eigenvalue weighted by Crippen LogP contribution is -2.18. The van der Waals surface area contributed by atoms with E-state index in [0.717, 1.165) is 16.6 Å². The van der Waals surface area contributed by atoms with Gasteiger partial charge in [0.2, 0.25) is 0 Å². The van der Waals surface area contributed by atoms with E-state index in [9.17, 15) is 18.0 Å². The second-order valence-electron chi connectivity index (χ2n) is 4.26. The van der Waals surface area contributed by atoms with Gasteiger partial charge < -0.3 is 15.8 Å². The number of hydrogen-bond donors (Lipinski definition) is 2. The molecule has 0 fully saturated rings. The molecule has 2 aromatic rings. The molecule has 1 amide bonds. The van der Waals surface area contributed by atoms with Gasteiger partial charge in [0.05, 0.1) is 5.69 Å². The van der Waals surface area contributed by atoms with E-state index in [4.69, 9.17) is 5.73 Å². The van der Waals surface area contributed by atoms with Crippen LogP contribution >= 0.6 is 15.9 Å². The standard InChI is InChI=1S/C14H10BrF3N2O2/c15-9-2-4-10(5-3-9)20-13(21)8-1-6-12(11(19)7-8)22-14(16,17)18/h1-7H,19H2,(H,20,21). The molecule has 0 spiro atoms. The van der Waals surface area contributed by atoms with Crippen molar-refractivity contribution in [3.05, 3.63) is 52.5 Å². The van der Waals surface area contributed by atoms with Crippen LogP contribution in [0.25, 0.3) is 0 Å². The number of carbonyl (C=O) groups is 1. The van der Waals surface area contributed by atoms with Crippen molar-refractivity contribution in [2.45, 2.75) is 6.36 Å². The van der Waals surface area contributed by atoms with E-state index in [1.165, 1.54) is 6.07 Å². The van der Waals surface area contributed by atoms with Gasteiger partial charge in [-0.2, -0.15) is 0 Å².